The second-order valence-electron chi connectivity index (χ2n) is 7.23. The molecule has 0 aliphatic rings. The lowest BCUT2D eigenvalue weighted by Crippen LogP contribution is -2.26. The lowest BCUT2D eigenvalue weighted by Gasteiger charge is -2.08. The van der Waals surface area contributed by atoms with E-state index < -0.39 is 0 Å². The summed E-state index contributed by atoms with van der Waals surface area (Å²) in [5.41, 5.74) is 5.61. The average Bonchev–Trinajstić information content (AvgIpc) is 3.26. The highest BCUT2D eigenvalue weighted by molar-refractivity contribution is 5.96. The molecule has 1 amide bonds. The van der Waals surface area contributed by atoms with E-state index in [2.05, 4.69) is 38.2 Å². The summed E-state index contributed by atoms with van der Waals surface area (Å²) in [5.74, 6) is -0.0604. The first-order valence-corrected chi connectivity index (χ1v) is 9.89. The fraction of sp³-hybridized carbons (Fsp3) is 0.261. The van der Waals surface area contributed by atoms with Crippen LogP contribution in [0.4, 0.5) is 0 Å². The molecule has 0 atom stereocenters. The molecule has 0 radical (unpaired) electrons. The first-order valence-electron chi connectivity index (χ1n) is 9.89. The van der Waals surface area contributed by atoms with E-state index in [-0.39, 0.29) is 5.91 Å². The molecular weight excluding hydrogens is 362 g/mol. The molecule has 148 valence electrons. The van der Waals surface area contributed by atoms with Crippen LogP contribution in [0.15, 0.2) is 60.9 Å². The Labute approximate surface area is 170 Å². The molecule has 0 saturated carbocycles. The van der Waals surface area contributed by atoms with E-state index in [9.17, 15) is 4.79 Å². The van der Waals surface area contributed by atoms with Gasteiger partial charge in [-0.3, -0.25) is 9.48 Å². The summed E-state index contributed by atoms with van der Waals surface area (Å²) in [6.45, 7) is 5.92. The minimum Gasteiger partial charge on any atom is -0.352 e. The predicted molar refractivity (Wildman–Crippen MR) is 114 cm³/mol. The number of rotatable bonds is 7. The van der Waals surface area contributed by atoms with Crippen molar-refractivity contribution in [2.45, 2.75) is 33.4 Å². The van der Waals surface area contributed by atoms with Crippen molar-refractivity contribution in [1.82, 2.24) is 24.6 Å². The largest absolute Gasteiger partial charge is 0.352 e. The number of fused-ring (bicyclic) bond motifs is 1. The van der Waals surface area contributed by atoms with Crippen LogP contribution in [-0.2, 0) is 13.1 Å². The Morgan fingerprint density at radius 3 is 2.62 bits per heavy atom. The molecule has 2 heterocycles. The highest BCUT2D eigenvalue weighted by atomic mass is 16.1. The Balaban J connectivity index is 1.36. The number of imidazole rings is 1. The van der Waals surface area contributed by atoms with Gasteiger partial charge in [0, 0.05) is 18.8 Å². The molecule has 4 aromatic rings. The zero-order chi connectivity index (χ0) is 20.2. The third-order valence-corrected chi connectivity index (χ3v) is 5.17. The van der Waals surface area contributed by atoms with Gasteiger partial charge in [0.2, 0.25) is 0 Å². The molecule has 29 heavy (non-hydrogen) atoms. The number of nitrogens with zero attached hydrogens (tertiary/aromatic N) is 4. The summed E-state index contributed by atoms with van der Waals surface area (Å²) in [7, 11) is 0. The maximum Gasteiger partial charge on any atom is 0.255 e. The molecule has 6 nitrogen and oxygen atoms in total. The number of carbonyl (C=O) groups excluding carboxylic acids is 1. The van der Waals surface area contributed by atoms with Gasteiger partial charge in [-0.05, 0) is 38.0 Å². The van der Waals surface area contributed by atoms with E-state index in [1.54, 1.807) is 0 Å². The molecule has 0 bridgehead atoms. The number of benzene rings is 2. The van der Waals surface area contributed by atoms with Crippen LogP contribution in [0.1, 0.15) is 33.7 Å². The number of amides is 1. The highest BCUT2D eigenvalue weighted by Gasteiger charge is 2.18. The van der Waals surface area contributed by atoms with Crippen LogP contribution >= 0.6 is 0 Å². The van der Waals surface area contributed by atoms with Crippen LogP contribution in [0.5, 0.6) is 0 Å². The Morgan fingerprint density at radius 1 is 1.03 bits per heavy atom. The average molecular weight is 387 g/mol. The van der Waals surface area contributed by atoms with Crippen LogP contribution in [0.3, 0.4) is 0 Å². The standard InChI is InChI=1S/C23H25N5O/c1-17-22(18(2)28(26-17)15-19-9-4-3-5-10-19)23(29)24-13-8-14-27-16-25-20-11-6-7-12-21(20)27/h3-7,9-12,16H,8,13-15H2,1-2H3,(H,24,29). The normalized spacial score (nSPS) is 11.1. The lowest BCUT2D eigenvalue weighted by atomic mass is 10.1. The van der Waals surface area contributed by atoms with Crippen LogP contribution in [0.25, 0.3) is 11.0 Å². The van der Waals surface area contributed by atoms with Crippen molar-refractivity contribution in [3.05, 3.63) is 83.4 Å². The zero-order valence-electron chi connectivity index (χ0n) is 16.8. The van der Waals surface area contributed by atoms with Gasteiger partial charge in [-0.2, -0.15) is 5.10 Å². The van der Waals surface area contributed by atoms with Crippen molar-refractivity contribution in [2.24, 2.45) is 0 Å². The zero-order valence-corrected chi connectivity index (χ0v) is 16.8. The fourth-order valence-electron chi connectivity index (χ4n) is 3.66. The molecule has 0 unspecified atom stereocenters. The van der Waals surface area contributed by atoms with E-state index in [1.165, 1.54) is 0 Å². The predicted octanol–water partition coefficient (Wildman–Crippen LogP) is 3.72. The summed E-state index contributed by atoms with van der Waals surface area (Å²) >= 11 is 0. The molecule has 2 aromatic heterocycles. The van der Waals surface area contributed by atoms with E-state index in [1.807, 2.05) is 61.3 Å². The number of hydrogen-bond donors (Lipinski definition) is 1. The third-order valence-electron chi connectivity index (χ3n) is 5.17. The molecule has 0 aliphatic heterocycles. The minimum atomic E-state index is -0.0604. The third kappa shape index (κ3) is 4.06. The van der Waals surface area contributed by atoms with Gasteiger partial charge in [0.05, 0.1) is 35.2 Å². The van der Waals surface area contributed by atoms with Crippen LogP contribution in [0, 0.1) is 13.8 Å². The molecule has 0 aliphatic carbocycles. The summed E-state index contributed by atoms with van der Waals surface area (Å²) in [4.78, 5) is 17.1. The van der Waals surface area contributed by atoms with Crippen molar-refractivity contribution in [3.8, 4) is 0 Å². The maximum atomic E-state index is 12.7. The van der Waals surface area contributed by atoms with Crippen molar-refractivity contribution in [2.75, 3.05) is 6.54 Å². The van der Waals surface area contributed by atoms with Crippen molar-refractivity contribution in [3.63, 3.8) is 0 Å². The molecule has 2 aromatic carbocycles. The SMILES string of the molecule is Cc1nn(Cc2ccccc2)c(C)c1C(=O)NCCCn1cnc2ccccc21. The number of aryl methyl sites for hydroxylation is 2. The smallest absolute Gasteiger partial charge is 0.255 e. The first-order chi connectivity index (χ1) is 14.1. The number of carbonyl (C=O) groups is 1. The quantitative estimate of drug-likeness (QED) is 0.492. The monoisotopic (exact) mass is 387 g/mol. The van der Waals surface area contributed by atoms with E-state index in [0.29, 0.717) is 18.7 Å². The van der Waals surface area contributed by atoms with Gasteiger partial charge in [0.25, 0.3) is 5.91 Å². The van der Waals surface area contributed by atoms with Crippen molar-refractivity contribution in [1.29, 1.82) is 0 Å². The maximum absolute atomic E-state index is 12.7. The van der Waals surface area contributed by atoms with Gasteiger partial charge >= 0.3 is 0 Å². The summed E-state index contributed by atoms with van der Waals surface area (Å²) in [6.07, 6.45) is 2.69. The molecule has 4 rings (SSSR count). The number of aromatic nitrogens is 4. The molecule has 0 spiro atoms. The van der Waals surface area contributed by atoms with Gasteiger partial charge < -0.3 is 9.88 Å². The molecular formula is C23H25N5O. The fourth-order valence-corrected chi connectivity index (χ4v) is 3.66. The lowest BCUT2D eigenvalue weighted by molar-refractivity contribution is 0.0951. The van der Waals surface area contributed by atoms with Gasteiger partial charge in [-0.1, -0.05) is 42.5 Å². The van der Waals surface area contributed by atoms with Crippen molar-refractivity contribution >= 4 is 16.9 Å². The van der Waals surface area contributed by atoms with Gasteiger partial charge in [-0.15, -0.1) is 0 Å². The first kappa shape index (κ1) is 18.9. The van der Waals surface area contributed by atoms with Crippen LogP contribution in [0.2, 0.25) is 0 Å². The van der Waals surface area contributed by atoms with E-state index >= 15 is 0 Å². The van der Waals surface area contributed by atoms with E-state index in [0.717, 1.165) is 41.0 Å². The second kappa shape index (κ2) is 8.31. The number of para-hydroxylation sites is 2. The molecule has 1 N–H and O–H groups in total. The van der Waals surface area contributed by atoms with Gasteiger partial charge in [-0.25, -0.2) is 4.98 Å². The summed E-state index contributed by atoms with van der Waals surface area (Å²) in [6, 6.07) is 18.2. The van der Waals surface area contributed by atoms with Crippen LogP contribution < -0.4 is 5.32 Å². The molecule has 0 fully saturated rings. The van der Waals surface area contributed by atoms with Crippen LogP contribution in [-0.4, -0.2) is 31.8 Å². The van der Waals surface area contributed by atoms with E-state index in [4.69, 9.17) is 0 Å². The van der Waals surface area contributed by atoms with Gasteiger partial charge in [0.1, 0.15) is 0 Å². The topological polar surface area (TPSA) is 64.7 Å². The Kier molecular flexibility index (Phi) is 5.42. The number of hydrogen-bond acceptors (Lipinski definition) is 3. The Morgan fingerprint density at radius 2 is 1.79 bits per heavy atom. The minimum absolute atomic E-state index is 0.0604. The molecule has 6 heteroatoms. The second-order valence-corrected chi connectivity index (χ2v) is 7.23. The van der Waals surface area contributed by atoms with Crippen molar-refractivity contribution < 1.29 is 4.79 Å². The summed E-state index contributed by atoms with van der Waals surface area (Å²) in [5, 5.41) is 7.62. The number of nitrogens with one attached hydrogen (secondary N) is 1. The molecule has 0 saturated heterocycles. The Hall–Kier alpha value is -3.41. The highest BCUT2D eigenvalue weighted by Crippen LogP contribution is 2.15. The van der Waals surface area contributed by atoms with Gasteiger partial charge in [0.15, 0.2) is 0 Å². The Bertz CT molecular complexity index is 1130. The summed E-state index contributed by atoms with van der Waals surface area (Å²) < 4.78 is 4.02.